The number of nitrogens with one attached hydrogen (secondary N) is 3. The van der Waals surface area contributed by atoms with Crippen molar-refractivity contribution in [1.29, 1.82) is 0 Å². The molecule has 9 heteroatoms. The van der Waals surface area contributed by atoms with Crippen LogP contribution in [-0.2, 0) is 18.0 Å². The Balaban J connectivity index is 1.51. The number of hydrogen-bond donors (Lipinski definition) is 3. The molecule has 198 valence electrons. The second-order valence-corrected chi connectivity index (χ2v) is 11.2. The maximum absolute atomic E-state index is 13.3. The monoisotopic (exact) mass is 522 g/mol. The molecule has 1 aliphatic heterocycles. The summed E-state index contributed by atoms with van der Waals surface area (Å²) < 4.78 is 44.9. The van der Waals surface area contributed by atoms with Crippen molar-refractivity contribution in [3.63, 3.8) is 0 Å². The number of anilines is 3. The Labute approximate surface area is 218 Å². The number of carbonyl (C=O) groups is 1. The number of halogens is 3. The Bertz CT molecular complexity index is 1530. The van der Waals surface area contributed by atoms with Gasteiger partial charge in [0, 0.05) is 23.4 Å². The Morgan fingerprint density at radius 1 is 1.05 bits per heavy atom. The molecule has 1 amide bonds. The van der Waals surface area contributed by atoms with Gasteiger partial charge in [-0.2, -0.15) is 13.2 Å². The first-order chi connectivity index (χ1) is 17.7. The highest BCUT2D eigenvalue weighted by molar-refractivity contribution is 6.09. The normalized spacial score (nSPS) is 14.7. The zero-order valence-corrected chi connectivity index (χ0v) is 21.8. The molecule has 0 fully saturated rings. The summed E-state index contributed by atoms with van der Waals surface area (Å²) in [6.45, 7) is 10.3. The number of para-hydroxylation sites is 1. The molecule has 0 atom stereocenters. The van der Waals surface area contributed by atoms with Gasteiger partial charge >= 0.3 is 6.18 Å². The highest BCUT2D eigenvalue weighted by atomic mass is 19.4. The number of aromatic nitrogens is 2. The van der Waals surface area contributed by atoms with Gasteiger partial charge in [-0.3, -0.25) is 4.79 Å². The van der Waals surface area contributed by atoms with E-state index in [1.807, 2.05) is 32.0 Å². The van der Waals surface area contributed by atoms with Crippen molar-refractivity contribution < 1.29 is 22.7 Å². The summed E-state index contributed by atoms with van der Waals surface area (Å²) in [5.41, 5.74) is 3.32. The zero-order chi connectivity index (χ0) is 27.5. The number of fused-ring (bicyclic) bond motifs is 3. The van der Waals surface area contributed by atoms with Crippen LogP contribution in [0.1, 0.15) is 61.7 Å². The number of ether oxygens (including phenoxy) is 1. The molecular weight excluding hydrogens is 493 g/mol. The van der Waals surface area contributed by atoms with Crippen molar-refractivity contribution in [3.05, 3.63) is 76.9 Å². The van der Waals surface area contributed by atoms with Crippen LogP contribution in [0.2, 0.25) is 0 Å². The minimum absolute atomic E-state index is 0.0850. The number of carbonyl (C=O) groups excluding carboxylic acids is 1. The van der Waals surface area contributed by atoms with Gasteiger partial charge in [0.15, 0.2) is 0 Å². The first kappa shape index (κ1) is 25.6. The summed E-state index contributed by atoms with van der Waals surface area (Å²) in [7, 11) is 0. The van der Waals surface area contributed by atoms with E-state index in [2.05, 4.69) is 42.5 Å². The summed E-state index contributed by atoms with van der Waals surface area (Å²) in [5, 5.41) is 6.08. The van der Waals surface area contributed by atoms with Crippen molar-refractivity contribution in [3.8, 4) is 5.75 Å². The lowest BCUT2D eigenvalue weighted by molar-refractivity contribution is -0.137. The molecule has 4 aromatic rings. The van der Waals surface area contributed by atoms with Crippen molar-refractivity contribution in [2.45, 2.75) is 58.2 Å². The summed E-state index contributed by atoms with van der Waals surface area (Å²) in [5.74, 6) is 0.478. The molecule has 3 N–H and O–H groups in total. The van der Waals surface area contributed by atoms with Crippen molar-refractivity contribution in [2.75, 3.05) is 10.6 Å². The van der Waals surface area contributed by atoms with Gasteiger partial charge in [0.1, 0.15) is 11.4 Å². The van der Waals surface area contributed by atoms with E-state index in [1.54, 1.807) is 6.07 Å². The first-order valence-corrected chi connectivity index (χ1v) is 12.3. The molecule has 0 aliphatic carbocycles. The molecule has 6 nitrogen and oxygen atoms in total. The Hall–Kier alpha value is -4.01. The molecule has 0 saturated carbocycles. The molecule has 1 aromatic heterocycles. The van der Waals surface area contributed by atoms with E-state index in [9.17, 15) is 18.0 Å². The SMILES string of the molecule is CC1(C)Cc2c(c(C(=O)Nc3ccc(C(F)(F)F)cc3)cc3[nH]c(Nc4ccccc4C(C)(C)C)nc23)O1. The van der Waals surface area contributed by atoms with Crippen LogP contribution in [0.25, 0.3) is 11.0 Å². The summed E-state index contributed by atoms with van der Waals surface area (Å²) in [4.78, 5) is 21.4. The number of rotatable bonds is 4. The van der Waals surface area contributed by atoms with E-state index in [1.165, 1.54) is 12.1 Å². The number of alkyl halides is 3. The molecule has 0 radical (unpaired) electrons. The van der Waals surface area contributed by atoms with Crippen molar-refractivity contribution in [2.24, 2.45) is 0 Å². The summed E-state index contributed by atoms with van der Waals surface area (Å²) in [6, 6.07) is 14.0. The van der Waals surface area contributed by atoms with Crippen LogP contribution in [0.3, 0.4) is 0 Å². The average Bonchev–Trinajstić information content (AvgIpc) is 3.36. The van der Waals surface area contributed by atoms with Gasteiger partial charge in [-0.05, 0) is 61.2 Å². The molecule has 5 rings (SSSR count). The third-order valence-corrected chi connectivity index (χ3v) is 6.51. The largest absolute Gasteiger partial charge is 0.486 e. The van der Waals surface area contributed by atoms with Gasteiger partial charge in [-0.15, -0.1) is 0 Å². The topological polar surface area (TPSA) is 79.0 Å². The molecule has 0 spiro atoms. The van der Waals surface area contributed by atoms with Crippen LogP contribution in [0.15, 0.2) is 54.6 Å². The fraction of sp³-hybridized carbons (Fsp3) is 0.310. The van der Waals surface area contributed by atoms with Crippen LogP contribution < -0.4 is 15.4 Å². The Morgan fingerprint density at radius 3 is 2.39 bits per heavy atom. The van der Waals surface area contributed by atoms with Crippen molar-refractivity contribution in [1.82, 2.24) is 9.97 Å². The van der Waals surface area contributed by atoms with Gasteiger partial charge in [0.05, 0.1) is 22.2 Å². The number of amides is 1. The Kier molecular flexibility index (Phi) is 5.93. The van der Waals surface area contributed by atoms with Crippen LogP contribution in [0, 0.1) is 0 Å². The van der Waals surface area contributed by atoms with E-state index in [-0.39, 0.29) is 16.7 Å². The summed E-state index contributed by atoms with van der Waals surface area (Å²) in [6.07, 6.45) is -3.91. The molecule has 1 aliphatic rings. The third-order valence-electron chi connectivity index (χ3n) is 6.51. The molecule has 0 saturated heterocycles. The second kappa shape index (κ2) is 8.79. The molecule has 2 heterocycles. The molecule has 0 unspecified atom stereocenters. The number of imidazole rings is 1. The van der Waals surface area contributed by atoms with E-state index >= 15 is 0 Å². The predicted octanol–water partition coefficient (Wildman–Crippen LogP) is 7.59. The Morgan fingerprint density at radius 2 is 1.74 bits per heavy atom. The number of aromatic amines is 1. The fourth-order valence-electron chi connectivity index (χ4n) is 4.76. The molecule has 3 aromatic carbocycles. The van der Waals surface area contributed by atoms with Gasteiger partial charge in [-0.1, -0.05) is 39.0 Å². The molecule has 38 heavy (non-hydrogen) atoms. The van der Waals surface area contributed by atoms with Gasteiger partial charge in [0.25, 0.3) is 5.91 Å². The van der Waals surface area contributed by atoms with Gasteiger partial charge in [-0.25, -0.2) is 4.98 Å². The smallest absolute Gasteiger partial charge is 0.416 e. The lowest BCUT2D eigenvalue weighted by atomic mass is 9.86. The second-order valence-electron chi connectivity index (χ2n) is 11.2. The minimum Gasteiger partial charge on any atom is -0.486 e. The predicted molar refractivity (Wildman–Crippen MR) is 142 cm³/mol. The number of nitrogens with zero attached hydrogens (tertiary/aromatic N) is 1. The van der Waals surface area contributed by atoms with Crippen LogP contribution in [0.5, 0.6) is 5.75 Å². The molecular formula is C29H29F3N4O2. The number of H-pyrrole nitrogens is 1. The van der Waals surface area contributed by atoms with E-state index in [0.717, 1.165) is 28.9 Å². The van der Waals surface area contributed by atoms with E-state index in [4.69, 9.17) is 9.72 Å². The highest BCUT2D eigenvalue weighted by Crippen LogP contribution is 2.43. The standard InChI is InChI=1S/C29H29F3N4O2/c1-27(2,3)20-8-6-7-9-21(20)34-26-35-22-14-18(24-19(23(22)36-26)15-28(4,5)38-24)25(37)33-17-12-10-16(11-13-17)29(30,31)32/h6-14H,15H2,1-5H3,(H,33,37)(H2,34,35,36). The maximum atomic E-state index is 13.3. The average molecular weight is 523 g/mol. The number of benzene rings is 3. The van der Waals surface area contributed by atoms with E-state index in [0.29, 0.717) is 29.2 Å². The number of hydrogen-bond acceptors (Lipinski definition) is 4. The first-order valence-electron chi connectivity index (χ1n) is 12.3. The minimum atomic E-state index is -4.45. The lowest BCUT2D eigenvalue weighted by Gasteiger charge is -2.22. The maximum Gasteiger partial charge on any atom is 0.416 e. The quantitative estimate of drug-likeness (QED) is 0.258. The fourth-order valence-corrected chi connectivity index (χ4v) is 4.76. The lowest BCUT2D eigenvalue weighted by Crippen LogP contribution is -2.25. The zero-order valence-electron chi connectivity index (χ0n) is 21.8. The summed E-state index contributed by atoms with van der Waals surface area (Å²) >= 11 is 0. The third kappa shape index (κ3) is 4.92. The van der Waals surface area contributed by atoms with Crippen LogP contribution in [0.4, 0.5) is 30.5 Å². The van der Waals surface area contributed by atoms with Crippen molar-refractivity contribution >= 4 is 34.3 Å². The van der Waals surface area contributed by atoms with Gasteiger partial charge in [0.2, 0.25) is 5.95 Å². The van der Waals surface area contributed by atoms with Gasteiger partial charge < -0.3 is 20.4 Å². The van der Waals surface area contributed by atoms with Crippen LogP contribution in [-0.4, -0.2) is 21.5 Å². The van der Waals surface area contributed by atoms with E-state index < -0.39 is 23.2 Å². The van der Waals surface area contributed by atoms with Crippen LogP contribution >= 0.6 is 0 Å². The molecule has 0 bridgehead atoms. The highest BCUT2D eigenvalue weighted by Gasteiger charge is 2.36.